The molecule has 0 aliphatic carbocycles. The smallest absolute Gasteiger partial charge is 0.253 e. The molecule has 0 saturated carbocycles. The first-order valence-corrected chi connectivity index (χ1v) is 6.93. The van der Waals surface area contributed by atoms with Crippen LogP contribution in [0.4, 0.5) is 4.39 Å². The molecule has 1 amide bonds. The first-order chi connectivity index (χ1) is 9.65. The molecule has 20 heavy (non-hydrogen) atoms. The SMILES string of the molecule is CNCC1CCN(C(=O)c2ccc(OC)c(F)c2)CC1. The van der Waals surface area contributed by atoms with Crippen LogP contribution in [-0.2, 0) is 0 Å². The Morgan fingerprint density at radius 3 is 2.70 bits per heavy atom. The van der Waals surface area contributed by atoms with E-state index in [1.54, 1.807) is 11.0 Å². The fraction of sp³-hybridized carbons (Fsp3) is 0.533. The second-order valence-corrected chi connectivity index (χ2v) is 5.14. The van der Waals surface area contributed by atoms with Crippen LogP contribution in [0.15, 0.2) is 18.2 Å². The van der Waals surface area contributed by atoms with Gasteiger partial charge in [0.25, 0.3) is 5.91 Å². The Kier molecular flexibility index (Phi) is 4.95. The number of likely N-dealkylation sites (tertiary alicyclic amines) is 1. The van der Waals surface area contributed by atoms with Crippen LogP contribution in [-0.4, -0.2) is 44.6 Å². The first-order valence-electron chi connectivity index (χ1n) is 6.93. The fourth-order valence-corrected chi connectivity index (χ4v) is 2.61. The summed E-state index contributed by atoms with van der Waals surface area (Å²) in [7, 11) is 3.35. The van der Waals surface area contributed by atoms with Crippen LogP contribution in [0.25, 0.3) is 0 Å². The minimum absolute atomic E-state index is 0.102. The normalized spacial score (nSPS) is 16.2. The topological polar surface area (TPSA) is 41.6 Å². The Morgan fingerprint density at radius 2 is 2.15 bits per heavy atom. The maximum absolute atomic E-state index is 13.6. The van der Waals surface area contributed by atoms with Crippen LogP contribution in [0.1, 0.15) is 23.2 Å². The second kappa shape index (κ2) is 6.70. The molecular weight excluding hydrogens is 259 g/mol. The molecule has 4 nitrogen and oxygen atoms in total. The number of amides is 1. The average molecular weight is 280 g/mol. The number of methoxy groups -OCH3 is 1. The van der Waals surface area contributed by atoms with Crippen LogP contribution in [0.5, 0.6) is 5.75 Å². The van der Waals surface area contributed by atoms with Crippen LogP contribution in [0.2, 0.25) is 0 Å². The van der Waals surface area contributed by atoms with Gasteiger partial charge in [-0.1, -0.05) is 0 Å². The Balaban J connectivity index is 2.00. The number of ether oxygens (including phenoxy) is 1. The molecule has 1 N–H and O–H groups in total. The maximum atomic E-state index is 13.6. The Labute approximate surface area is 118 Å². The molecule has 0 atom stereocenters. The highest BCUT2D eigenvalue weighted by Crippen LogP contribution is 2.21. The molecule has 0 spiro atoms. The van der Waals surface area contributed by atoms with E-state index in [9.17, 15) is 9.18 Å². The van der Waals surface area contributed by atoms with Crippen molar-refractivity contribution in [3.05, 3.63) is 29.6 Å². The number of halogens is 1. The minimum Gasteiger partial charge on any atom is -0.494 e. The van der Waals surface area contributed by atoms with Crippen molar-refractivity contribution in [3.8, 4) is 5.75 Å². The van der Waals surface area contributed by atoms with Gasteiger partial charge in [0.2, 0.25) is 0 Å². The lowest BCUT2D eigenvalue weighted by Crippen LogP contribution is -2.40. The zero-order chi connectivity index (χ0) is 14.5. The van der Waals surface area contributed by atoms with Gasteiger partial charge in [-0.3, -0.25) is 4.79 Å². The highest BCUT2D eigenvalue weighted by atomic mass is 19.1. The van der Waals surface area contributed by atoms with Gasteiger partial charge < -0.3 is 15.0 Å². The lowest BCUT2D eigenvalue weighted by atomic mass is 9.96. The molecule has 110 valence electrons. The highest BCUT2D eigenvalue weighted by Gasteiger charge is 2.23. The maximum Gasteiger partial charge on any atom is 0.253 e. The van der Waals surface area contributed by atoms with Crippen molar-refractivity contribution in [3.63, 3.8) is 0 Å². The number of benzene rings is 1. The Hall–Kier alpha value is -1.62. The van der Waals surface area contributed by atoms with E-state index in [4.69, 9.17) is 4.74 Å². The molecule has 0 radical (unpaired) electrons. The highest BCUT2D eigenvalue weighted by molar-refractivity contribution is 5.94. The fourth-order valence-electron chi connectivity index (χ4n) is 2.61. The molecule has 1 aromatic carbocycles. The summed E-state index contributed by atoms with van der Waals surface area (Å²) >= 11 is 0. The number of carbonyl (C=O) groups is 1. The lowest BCUT2D eigenvalue weighted by Gasteiger charge is -2.32. The summed E-state index contributed by atoms with van der Waals surface area (Å²) < 4.78 is 18.5. The van der Waals surface area contributed by atoms with Crippen LogP contribution >= 0.6 is 0 Å². The van der Waals surface area contributed by atoms with Gasteiger partial charge in [-0.05, 0) is 50.6 Å². The van der Waals surface area contributed by atoms with Gasteiger partial charge in [0.1, 0.15) is 0 Å². The summed E-state index contributed by atoms with van der Waals surface area (Å²) in [4.78, 5) is 14.1. The van der Waals surface area contributed by atoms with Crippen molar-refractivity contribution < 1.29 is 13.9 Å². The number of nitrogens with zero attached hydrogens (tertiary/aromatic N) is 1. The number of hydrogen-bond donors (Lipinski definition) is 1. The van der Waals surface area contributed by atoms with E-state index >= 15 is 0 Å². The van der Waals surface area contributed by atoms with Gasteiger partial charge in [0.15, 0.2) is 11.6 Å². The summed E-state index contributed by atoms with van der Waals surface area (Å²) in [5, 5.41) is 3.17. The number of piperidine rings is 1. The summed E-state index contributed by atoms with van der Waals surface area (Å²) in [6.07, 6.45) is 1.98. The monoisotopic (exact) mass is 280 g/mol. The summed E-state index contributed by atoms with van der Waals surface area (Å²) in [6.45, 7) is 2.46. The van der Waals surface area contributed by atoms with Gasteiger partial charge in [0, 0.05) is 18.7 Å². The van der Waals surface area contributed by atoms with Gasteiger partial charge >= 0.3 is 0 Å². The Morgan fingerprint density at radius 1 is 1.45 bits per heavy atom. The standard InChI is InChI=1S/C15H21FN2O2/c1-17-10-11-5-7-18(8-6-11)15(19)12-3-4-14(20-2)13(16)9-12/h3-4,9,11,17H,5-8,10H2,1-2H3. The minimum atomic E-state index is -0.497. The second-order valence-electron chi connectivity index (χ2n) is 5.14. The zero-order valence-electron chi connectivity index (χ0n) is 12.0. The molecular formula is C15H21FN2O2. The third-order valence-electron chi connectivity index (χ3n) is 3.79. The van der Waals surface area contributed by atoms with Crippen molar-refractivity contribution in [1.29, 1.82) is 0 Å². The van der Waals surface area contributed by atoms with Crippen LogP contribution in [0, 0.1) is 11.7 Å². The number of nitrogens with one attached hydrogen (secondary N) is 1. The molecule has 0 aromatic heterocycles. The van der Waals surface area contributed by atoms with Crippen molar-refractivity contribution in [2.45, 2.75) is 12.8 Å². The van der Waals surface area contributed by atoms with Crippen molar-refractivity contribution >= 4 is 5.91 Å². The van der Waals surface area contributed by atoms with E-state index < -0.39 is 5.82 Å². The zero-order valence-corrected chi connectivity index (χ0v) is 12.0. The summed E-state index contributed by atoms with van der Waals surface area (Å²) in [5.41, 5.74) is 0.385. The van der Waals surface area contributed by atoms with Crippen molar-refractivity contribution in [2.75, 3.05) is 33.8 Å². The lowest BCUT2D eigenvalue weighted by molar-refractivity contribution is 0.0690. The van der Waals surface area contributed by atoms with Crippen LogP contribution < -0.4 is 10.1 Å². The molecule has 1 aliphatic rings. The van der Waals surface area contributed by atoms with E-state index in [1.807, 2.05) is 7.05 Å². The predicted octanol–water partition coefficient (Wildman–Crippen LogP) is 1.91. The van der Waals surface area contributed by atoms with Gasteiger partial charge in [-0.15, -0.1) is 0 Å². The largest absolute Gasteiger partial charge is 0.494 e. The molecule has 1 fully saturated rings. The average Bonchev–Trinajstić information content (AvgIpc) is 2.47. The third kappa shape index (κ3) is 3.28. The van der Waals surface area contributed by atoms with Crippen molar-refractivity contribution in [1.82, 2.24) is 10.2 Å². The Bertz CT molecular complexity index is 471. The molecule has 2 rings (SSSR count). The molecule has 5 heteroatoms. The molecule has 0 bridgehead atoms. The van der Waals surface area contributed by atoms with E-state index in [2.05, 4.69) is 5.32 Å². The van der Waals surface area contributed by atoms with E-state index in [0.29, 0.717) is 11.5 Å². The van der Waals surface area contributed by atoms with E-state index in [-0.39, 0.29) is 11.7 Å². The molecule has 1 saturated heterocycles. The van der Waals surface area contributed by atoms with Gasteiger partial charge in [0.05, 0.1) is 7.11 Å². The van der Waals surface area contributed by atoms with Gasteiger partial charge in [-0.2, -0.15) is 0 Å². The van der Waals surface area contributed by atoms with Crippen molar-refractivity contribution in [2.24, 2.45) is 5.92 Å². The summed E-state index contributed by atoms with van der Waals surface area (Å²) in [5.74, 6) is 0.184. The van der Waals surface area contributed by atoms with E-state index in [0.717, 1.165) is 32.5 Å². The summed E-state index contributed by atoms with van der Waals surface area (Å²) in [6, 6.07) is 4.36. The van der Waals surface area contributed by atoms with E-state index in [1.165, 1.54) is 19.2 Å². The molecule has 1 aliphatic heterocycles. The van der Waals surface area contributed by atoms with Crippen LogP contribution in [0.3, 0.4) is 0 Å². The predicted molar refractivity (Wildman–Crippen MR) is 75.5 cm³/mol. The third-order valence-corrected chi connectivity index (χ3v) is 3.79. The quantitative estimate of drug-likeness (QED) is 0.916. The number of hydrogen-bond acceptors (Lipinski definition) is 3. The first kappa shape index (κ1) is 14.8. The molecule has 1 aromatic rings. The molecule has 0 unspecified atom stereocenters. The number of carbonyl (C=O) groups excluding carboxylic acids is 1. The number of rotatable bonds is 4. The molecule has 1 heterocycles. The van der Waals surface area contributed by atoms with Gasteiger partial charge in [-0.25, -0.2) is 4.39 Å².